The van der Waals surface area contributed by atoms with Gasteiger partial charge in [-0.15, -0.1) is 0 Å². The molecule has 2 atom stereocenters. The Hall–Kier alpha value is -2.24. The van der Waals surface area contributed by atoms with Gasteiger partial charge in [0.1, 0.15) is 5.60 Å². The number of benzene rings is 1. The van der Waals surface area contributed by atoms with Crippen molar-refractivity contribution in [2.24, 2.45) is 0 Å². The molecular weight excluding hydrogens is 312 g/mol. The number of aromatic nitrogens is 3. The maximum atomic E-state index is 11.5. The van der Waals surface area contributed by atoms with Crippen LogP contribution in [-0.2, 0) is 12.1 Å². The van der Waals surface area contributed by atoms with Crippen molar-refractivity contribution in [3.8, 4) is 0 Å². The molecule has 5 nitrogen and oxygen atoms in total. The SMILES string of the molecule is OC1(c2cnc3cccnn23)CC2CCC(C1)N2Cc1ccccc1. The Kier molecular flexibility index (Phi) is 3.40. The molecule has 2 aliphatic rings. The van der Waals surface area contributed by atoms with E-state index in [2.05, 4.69) is 45.3 Å². The smallest absolute Gasteiger partial charge is 0.153 e. The van der Waals surface area contributed by atoms with Gasteiger partial charge in [-0.2, -0.15) is 5.10 Å². The number of piperidine rings is 1. The van der Waals surface area contributed by atoms with E-state index >= 15 is 0 Å². The number of aliphatic hydroxyl groups is 1. The van der Waals surface area contributed by atoms with Crippen LogP contribution >= 0.6 is 0 Å². The maximum Gasteiger partial charge on any atom is 0.153 e. The molecule has 25 heavy (non-hydrogen) atoms. The molecule has 2 saturated heterocycles. The highest BCUT2D eigenvalue weighted by molar-refractivity contribution is 5.39. The summed E-state index contributed by atoms with van der Waals surface area (Å²) < 4.78 is 1.80. The Bertz CT molecular complexity index is 877. The van der Waals surface area contributed by atoms with Crippen molar-refractivity contribution >= 4 is 5.65 Å². The Balaban J connectivity index is 1.44. The molecule has 1 N–H and O–H groups in total. The predicted molar refractivity (Wildman–Crippen MR) is 94.9 cm³/mol. The van der Waals surface area contributed by atoms with E-state index in [1.165, 1.54) is 5.56 Å². The molecular formula is C20H22N4O. The fourth-order valence-electron chi connectivity index (χ4n) is 4.72. The third-order valence-corrected chi connectivity index (χ3v) is 5.88. The molecule has 2 aromatic heterocycles. The first kappa shape index (κ1) is 15.0. The van der Waals surface area contributed by atoms with Crippen molar-refractivity contribution in [2.75, 3.05) is 0 Å². The molecule has 0 amide bonds. The minimum absolute atomic E-state index is 0.415. The van der Waals surface area contributed by atoms with Gasteiger partial charge in [-0.1, -0.05) is 30.3 Å². The Morgan fingerprint density at radius 2 is 1.80 bits per heavy atom. The molecule has 2 fully saturated rings. The predicted octanol–water partition coefficient (Wildman–Crippen LogP) is 2.74. The average Bonchev–Trinajstić information content (AvgIpc) is 3.17. The van der Waals surface area contributed by atoms with E-state index in [0.717, 1.165) is 43.6 Å². The molecule has 0 radical (unpaired) electrons. The molecule has 0 spiro atoms. The van der Waals surface area contributed by atoms with Crippen LogP contribution in [0.5, 0.6) is 0 Å². The summed E-state index contributed by atoms with van der Waals surface area (Å²) in [7, 11) is 0. The van der Waals surface area contributed by atoms with Gasteiger partial charge in [0.2, 0.25) is 0 Å². The van der Waals surface area contributed by atoms with Gasteiger partial charge < -0.3 is 5.11 Å². The highest BCUT2D eigenvalue weighted by Gasteiger charge is 2.49. The number of hydrogen-bond acceptors (Lipinski definition) is 4. The number of imidazole rings is 1. The minimum atomic E-state index is -0.840. The summed E-state index contributed by atoms with van der Waals surface area (Å²) in [6.45, 7) is 0.970. The fraction of sp³-hybridized carbons (Fsp3) is 0.400. The average molecular weight is 334 g/mol. The first-order valence-electron chi connectivity index (χ1n) is 9.04. The second-order valence-corrected chi connectivity index (χ2v) is 7.42. The highest BCUT2D eigenvalue weighted by Crippen LogP contribution is 2.46. The van der Waals surface area contributed by atoms with E-state index < -0.39 is 5.60 Å². The van der Waals surface area contributed by atoms with Gasteiger partial charge in [-0.05, 0) is 43.4 Å². The van der Waals surface area contributed by atoms with Gasteiger partial charge in [0.05, 0.1) is 11.9 Å². The van der Waals surface area contributed by atoms with Gasteiger partial charge in [-0.3, -0.25) is 4.90 Å². The van der Waals surface area contributed by atoms with Crippen LogP contribution in [0.4, 0.5) is 0 Å². The van der Waals surface area contributed by atoms with Crippen LogP contribution in [0, 0.1) is 0 Å². The first-order chi connectivity index (χ1) is 12.2. The quantitative estimate of drug-likeness (QED) is 0.800. The van der Waals surface area contributed by atoms with Crippen LogP contribution in [0.25, 0.3) is 5.65 Å². The summed E-state index contributed by atoms with van der Waals surface area (Å²) in [6, 6.07) is 15.3. The van der Waals surface area contributed by atoms with Crippen molar-refractivity contribution in [3.63, 3.8) is 0 Å². The van der Waals surface area contributed by atoms with Crippen molar-refractivity contribution in [1.82, 2.24) is 19.5 Å². The van der Waals surface area contributed by atoms with E-state index in [1.807, 2.05) is 12.1 Å². The normalized spacial score (nSPS) is 29.3. The van der Waals surface area contributed by atoms with Crippen LogP contribution in [0.1, 0.15) is 36.9 Å². The van der Waals surface area contributed by atoms with Crippen molar-refractivity contribution in [3.05, 3.63) is 66.1 Å². The van der Waals surface area contributed by atoms with Gasteiger partial charge in [0.25, 0.3) is 0 Å². The van der Waals surface area contributed by atoms with E-state index in [1.54, 1.807) is 16.9 Å². The summed E-state index contributed by atoms with van der Waals surface area (Å²) in [4.78, 5) is 7.01. The zero-order valence-corrected chi connectivity index (χ0v) is 14.1. The molecule has 3 aromatic rings. The summed E-state index contributed by atoms with van der Waals surface area (Å²) in [6.07, 6.45) is 7.37. The van der Waals surface area contributed by atoms with Gasteiger partial charge in [-0.25, -0.2) is 9.50 Å². The molecule has 2 aliphatic heterocycles. The number of hydrogen-bond donors (Lipinski definition) is 1. The minimum Gasteiger partial charge on any atom is -0.383 e. The largest absolute Gasteiger partial charge is 0.383 e. The Morgan fingerprint density at radius 3 is 2.56 bits per heavy atom. The molecule has 2 unspecified atom stereocenters. The van der Waals surface area contributed by atoms with E-state index in [-0.39, 0.29) is 0 Å². The molecule has 5 rings (SSSR count). The lowest BCUT2D eigenvalue weighted by Crippen LogP contribution is -2.49. The monoisotopic (exact) mass is 334 g/mol. The van der Waals surface area contributed by atoms with Gasteiger partial charge >= 0.3 is 0 Å². The number of fused-ring (bicyclic) bond motifs is 3. The van der Waals surface area contributed by atoms with Crippen molar-refractivity contribution in [1.29, 1.82) is 0 Å². The Morgan fingerprint density at radius 1 is 1.04 bits per heavy atom. The molecule has 1 aromatic carbocycles. The van der Waals surface area contributed by atoms with Gasteiger partial charge in [0.15, 0.2) is 5.65 Å². The van der Waals surface area contributed by atoms with Crippen LogP contribution < -0.4 is 0 Å². The fourth-order valence-corrected chi connectivity index (χ4v) is 4.72. The highest BCUT2D eigenvalue weighted by atomic mass is 16.3. The molecule has 0 aliphatic carbocycles. The summed E-state index contributed by atoms with van der Waals surface area (Å²) in [5, 5.41) is 15.9. The zero-order chi connectivity index (χ0) is 16.9. The van der Waals surface area contributed by atoms with Gasteiger partial charge in [0, 0.05) is 24.8 Å². The Labute approximate surface area is 146 Å². The van der Waals surface area contributed by atoms with Crippen LogP contribution in [0.3, 0.4) is 0 Å². The summed E-state index contributed by atoms with van der Waals surface area (Å²) in [5.74, 6) is 0. The second kappa shape index (κ2) is 5.64. The number of nitrogens with zero attached hydrogens (tertiary/aromatic N) is 4. The maximum absolute atomic E-state index is 11.5. The molecule has 0 saturated carbocycles. The standard InChI is InChI=1S/C20H22N4O/c25-20(18-13-21-19-7-4-10-22-24(18)19)11-16-8-9-17(12-20)23(16)14-15-5-2-1-3-6-15/h1-7,10,13,16-17,25H,8-9,11-12,14H2. The van der Waals surface area contributed by atoms with Crippen molar-refractivity contribution < 1.29 is 5.11 Å². The molecule has 2 bridgehead atoms. The molecule has 128 valence electrons. The third kappa shape index (κ3) is 2.46. The lowest BCUT2D eigenvalue weighted by atomic mass is 9.83. The number of rotatable bonds is 3. The summed E-state index contributed by atoms with van der Waals surface area (Å²) in [5.41, 5.74) is 2.14. The third-order valence-electron chi connectivity index (χ3n) is 5.88. The van der Waals surface area contributed by atoms with Crippen LogP contribution in [-0.4, -0.2) is 36.7 Å². The second-order valence-electron chi connectivity index (χ2n) is 7.42. The van der Waals surface area contributed by atoms with E-state index in [0.29, 0.717) is 12.1 Å². The van der Waals surface area contributed by atoms with Crippen LogP contribution in [0.15, 0.2) is 54.9 Å². The lowest BCUT2D eigenvalue weighted by molar-refractivity contribution is -0.0634. The lowest BCUT2D eigenvalue weighted by Gasteiger charge is -2.43. The topological polar surface area (TPSA) is 53.7 Å². The van der Waals surface area contributed by atoms with Crippen LogP contribution in [0.2, 0.25) is 0 Å². The first-order valence-corrected chi connectivity index (χ1v) is 9.04. The molecule has 5 heteroatoms. The van der Waals surface area contributed by atoms with E-state index in [4.69, 9.17) is 0 Å². The van der Waals surface area contributed by atoms with Crippen molar-refractivity contribution in [2.45, 2.75) is 49.9 Å². The van der Waals surface area contributed by atoms with E-state index in [9.17, 15) is 5.11 Å². The zero-order valence-electron chi connectivity index (χ0n) is 14.1. The summed E-state index contributed by atoms with van der Waals surface area (Å²) >= 11 is 0. The molecule has 4 heterocycles.